The third-order valence-corrected chi connectivity index (χ3v) is 4.79. The summed E-state index contributed by atoms with van der Waals surface area (Å²) in [5.74, 6) is 0.256. The monoisotopic (exact) mass is 310 g/mol. The molecular formula is C18H15FN2O2. The number of nitrogens with one attached hydrogen (secondary N) is 1. The fourth-order valence-corrected chi connectivity index (χ4v) is 3.70. The van der Waals surface area contributed by atoms with E-state index in [9.17, 15) is 14.5 Å². The van der Waals surface area contributed by atoms with Gasteiger partial charge in [-0.3, -0.25) is 10.1 Å². The molecule has 0 saturated heterocycles. The number of hydrogen-bond acceptors (Lipinski definition) is 3. The van der Waals surface area contributed by atoms with Crippen LogP contribution in [-0.4, -0.2) is 4.92 Å². The zero-order valence-electron chi connectivity index (χ0n) is 12.3. The van der Waals surface area contributed by atoms with Gasteiger partial charge in [0.05, 0.1) is 11.0 Å². The second kappa shape index (κ2) is 5.19. The molecule has 0 fully saturated rings. The van der Waals surface area contributed by atoms with Crippen molar-refractivity contribution >= 4 is 11.4 Å². The molecule has 1 aliphatic heterocycles. The number of non-ortho nitro benzene ring substituents is 1. The van der Waals surface area contributed by atoms with E-state index in [1.165, 1.54) is 18.2 Å². The summed E-state index contributed by atoms with van der Waals surface area (Å²) in [6, 6.07) is 11.6. The number of fused-ring (bicyclic) bond motifs is 3. The van der Waals surface area contributed by atoms with Gasteiger partial charge < -0.3 is 5.32 Å². The van der Waals surface area contributed by atoms with Crippen molar-refractivity contribution in [3.05, 3.63) is 81.7 Å². The molecule has 1 N–H and O–H groups in total. The Kier molecular flexibility index (Phi) is 3.15. The molecule has 2 aromatic rings. The highest BCUT2D eigenvalue weighted by molar-refractivity contribution is 5.60. The Morgan fingerprint density at radius 2 is 1.96 bits per heavy atom. The molecule has 4 rings (SSSR count). The molecule has 116 valence electrons. The Morgan fingerprint density at radius 1 is 1.17 bits per heavy atom. The number of halogens is 1. The predicted molar refractivity (Wildman–Crippen MR) is 85.8 cm³/mol. The zero-order chi connectivity index (χ0) is 16.0. The minimum absolute atomic E-state index is 0.0637. The topological polar surface area (TPSA) is 55.2 Å². The average molecular weight is 310 g/mol. The first-order valence-electron chi connectivity index (χ1n) is 7.60. The lowest BCUT2D eigenvalue weighted by Gasteiger charge is -2.37. The lowest BCUT2D eigenvalue weighted by Crippen LogP contribution is -2.29. The van der Waals surface area contributed by atoms with Gasteiger partial charge in [-0.1, -0.05) is 24.3 Å². The molecule has 0 spiro atoms. The quantitative estimate of drug-likeness (QED) is 0.502. The van der Waals surface area contributed by atoms with Crippen LogP contribution < -0.4 is 5.32 Å². The summed E-state index contributed by atoms with van der Waals surface area (Å²) in [5, 5.41) is 14.3. The smallest absolute Gasteiger partial charge is 0.269 e. The van der Waals surface area contributed by atoms with E-state index in [1.54, 1.807) is 24.3 Å². The zero-order valence-corrected chi connectivity index (χ0v) is 12.3. The summed E-state index contributed by atoms with van der Waals surface area (Å²) in [6.07, 6.45) is 5.19. The Balaban J connectivity index is 1.73. The maximum absolute atomic E-state index is 13.6. The Bertz CT molecular complexity index is 801. The van der Waals surface area contributed by atoms with E-state index >= 15 is 0 Å². The van der Waals surface area contributed by atoms with E-state index < -0.39 is 4.92 Å². The number of anilines is 1. The van der Waals surface area contributed by atoms with Crippen LogP contribution in [0.15, 0.2) is 54.6 Å². The Labute approximate surface area is 132 Å². The Morgan fingerprint density at radius 3 is 2.70 bits per heavy atom. The summed E-state index contributed by atoms with van der Waals surface area (Å²) < 4.78 is 13.6. The van der Waals surface area contributed by atoms with Gasteiger partial charge in [-0.15, -0.1) is 0 Å². The summed E-state index contributed by atoms with van der Waals surface area (Å²) in [6.45, 7) is 0. The molecule has 5 heteroatoms. The fourth-order valence-electron chi connectivity index (χ4n) is 3.70. The van der Waals surface area contributed by atoms with Gasteiger partial charge in [0.1, 0.15) is 5.82 Å². The number of nitro groups is 1. The van der Waals surface area contributed by atoms with Crippen LogP contribution in [0.3, 0.4) is 0 Å². The minimum Gasteiger partial charge on any atom is -0.378 e. The molecule has 1 aliphatic carbocycles. The summed E-state index contributed by atoms with van der Waals surface area (Å²) in [5.41, 5.74) is 3.03. The number of nitrogens with zero attached hydrogens (tertiary/aromatic N) is 1. The molecule has 0 aromatic heterocycles. The van der Waals surface area contributed by atoms with E-state index in [-0.39, 0.29) is 23.5 Å². The number of nitro benzene ring substituents is 1. The molecule has 0 amide bonds. The van der Waals surface area contributed by atoms with Crippen LogP contribution >= 0.6 is 0 Å². The number of rotatable bonds is 2. The largest absolute Gasteiger partial charge is 0.378 e. The van der Waals surface area contributed by atoms with Gasteiger partial charge in [-0.05, 0) is 41.7 Å². The van der Waals surface area contributed by atoms with Gasteiger partial charge >= 0.3 is 0 Å². The van der Waals surface area contributed by atoms with Crippen molar-refractivity contribution in [3.63, 3.8) is 0 Å². The van der Waals surface area contributed by atoms with Crippen molar-refractivity contribution in [3.8, 4) is 0 Å². The van der Waals surface area contributed by atoms with E-state index in [2.05, 4.69) is 17.5 Å². The first-order chi connectivity index (χ1) is 11.1. The van der Waals surface area contributed by atoms with Crippen LogP contribution in [0.1, 0.15) is 29.5 Å². The maximum Gasteiger partial charge on any atom is 0.269 e. The summed E-state index contributed by atoms with van der Waals surface area (Å²) in [7, 11) is 0. The SMILES string of the molecule is O=[N+]([O-])c1ccc([C@H]2Nc3ccc(F)cc3[C@H]3C=CC[C@@H]32)cc1. The van der Waals surface area contributed by atoms with E-state index in [0.29, 0.717) is 5.92 Å². The molecule has 2 aliphatic rings. The summed E-state index contributed by atoms with van der Waals surface area (Å²) >= 11 is 0. The number of benzene rings is 2. The molecule has 4 nitrogen and oxygen atoms in total. The van der Waals surface area contributed by atoms with Crippen LogP contribution in [0, 0.1) is 21.8 Å². The minimum atomic E-state index is -0.393. The first-order valence-corrected chi connectivity index (χ1v) is 7.60. The normalized spacial score (nSPS) is 24.7. The van der Waals surface area contributed by atoms with Gasteiger partial charge in [0.25, 0.3) is 5.69 Å². The van der Waals surface area contributed by atoms with Crippen LogP contribution in [0.25, 0.3) is 0 Å². The van der Waals surface area contributed by atoms with Gasteiger partial charge in [0.2, 0.25) is 0 Å². The lowest BCUT2D eigenvalue weighted by molar-refractivity contribution is -0.384. The summed E-state index contributed by atoms with van der Waals surface area (Å²) in [4.78, 5) is 10.4. The van der Waals surface area contributed by atoms with Crippen molar-refractivity contribution in [2.75, 3.05) is 5.32 Å². The highest BCUT2D eigenvalue weighted by Crippen LogP contribution is 2.49. The highest BCUT2D eigenvalue weighted by atomic mass is 19.1. The molecule has 0 saturated carbocycles. The van der Waals surface area contributed by atoms with Gasteiger partial charge in [-0.25, -0.2) is 4.39 Å². The lowest BCUT2D eigenvalue weighted by atomic mass is 9.77. The second-order valence-electron chi connectivity index (χ2n) is 6.06. The second-order valence-corrected chi connectivity index (χ2v) is 6.06. The molecule has 23 heavy (non-hydrogen) atoms. The van der Waals surface area contributed by atoms with Crippen LogP contribution in [-0.2, 0) is 0 Å². The van der Waals surface area contributed by atoms with Crippen molar-refractivity contribution in [1.29, 1.82) is 0 Å². The molecule has 2 aromatic carbocycles. The van der Waals surface area contributed by atoms with Gasteiger partial charge in [0.15, 0.2) is 0 Å². The van der Waals surface area contributed by atoms with Crippen LogP contribution in [0.4, 0.5) is 15.8 Å². The van der Waals surface area contributed by atoms with Crippen molar-refractivity contribution in [1.82, 2.24) is 0 Å². The first kappa shape index (κ1) is 13.9. The molecule has 1 heterocycles. The standard InChI is InChI=1S/C18H15FN2O2/c19-12-6-9-17-16(10-12)14-2-1-3-15(14)18(20-17)11-4-7-13(8-5-11)21(22)23/h1-2,4-10,14-15,18,20H,3H2/t14-,15-,18+/m0/s1. The van der Waals surface area contributed by atoms with Crippen molar-refractivity contribution < 1.29 is 9.31 Å². The number of hydrogen-bond donors (Lipinski definition) is 1. The predicted octanol–water partition coefficient (Wildman–Crippen LogP) is 4.56. The maximum atomic E-state index is 13.6. The Hall–Kier alpha value is -2.69. The fraction of sp³-hybridized carbons (Fsp3) is 0.222. The third kappa shape index (κ3) is 2.29. The van der Waals surface area contributed by atoms with Crippen molar-refractivity contribution in [2.24, 2.45) is 5.92 Å². The molecule has 0 unspecified atom stereocenters. The number of allylic oxidation sites excluding steroid dienone is 2. The van der Waals surface area contributed by atoms with Crippen LogP contribution in [0.2, 0.25) is 0 Å². The molecule has 0 radical (unpaired) electrons. The van der Waals surface area contributed by atoms with E-state index in [4.69, 9.17) is 0 Å². The van der Waals surface area contributed by atoms with Crippen molar-refractivity contribution in [2.45, 2.75) is 18.4 Å². The van der Waals surface area contributed by atoms with Gasteiger partial charge in [0, 0.05) is 23.7 Å². The van der Waals surface area contributed by atoms with Gasteiger partial charge in [-0.2, -0.15) is 0 Å². The molecule has 0 bridgehead atoms. The highest BCUT2D eigenvalue weighted by Gasteiger charge is 2.38. The average Bonchev–Trinajstić information content (AvgIpc) is 3.04. The molecular weight excluding hydrogens is 295 g/mol. The van der Waals surface area contributed by atoms with E-state index in [0.717, 1.165) is 23.2 Å². The van der Waals surface area contributed by atoms with E-state index in [1.807, 2.05) is 0 Å². The van der Waals surface area contributed by atoms with Crippen LogP contribution in [0.5, 0.6) is 0 Å². The third-order valence-electron chi connectivity index (χ3n) is 4.79. The molecule has 3 atom stereocenters.